The van der Waals surface area contributed by atoms with Crippen LogP contribution in [0, 0.1) is 0 Å². The van der Waals surface area contributed by atoms with Gasteiger partial charge in [0.05, 0.1) is 29.5 Å². The Hall–Kier alpha value is -2.30. The first-order valence-corrected chi connectivity index (χ1v) is 6.44. The van der Waals surface area contributed by atoms with Crippen LogP contribution in [0.2, 0.25) is 0 Å². The van der Waals surface area contributed by atoms with Crippen molar-refractivity contribution in [2.45, 2.75) is 20.0 Å². The molecule has 1 aromatic carbocycles. The van der Waals surface area contributed by atoms with E-state index in [0.717, 1.165) is 29.1 Å². The highest BCUT2D eigenvalue weighted by Gasteiger charge is 2.06. The van der Waals surface area contributed by atoms with Gasteiger partial charge in [0, 0.05) is 19.8 Å². The van der Waals surface area contributed by atoms with Gasteiger partial charge in [-0.05, 0) is 19.1 Å². The van der Waals surface area contributed by atoms with Gasteiger partial charge in [0.1, 0.15) is 5.82 Å². The monoisotopic (exact) mass is 255 g/mol. The maximum absolute atomic E-state index is 4.63. The molecule has 2 aromatic heterocycles. The predicted molar refractivity (Wildman–Crippen MR) is 75.9 cm³/mol. The van der Waals surface area contributed by atoms with E-state index < -0.39 is 0 Å². The minimum absolute atomic E-state index is 0.695. The van der Waals surface area contributed by atoms with Crippen LogP contribution in [0.5, 0.6) is 0 Å². The summed E-state index contributed by atoms with van der Waals surface area (Å²) in [4.78, 5) is 4.63. The maximum atomic E-state index is 4.63. The molecule has 3 aromatic rings. The summed E-state index contributed by atoms with van der Waals surface area (Å²) in [5.74, 6) is 1.02. The molecule has 0 radical (unpaired) electrons. The van der Waals surface area contributed by atoms with E-state index in [2.05, 4.69) is 33.0 Å². The van der Waals surface area contributed by atoms with Gasteiger partial charge < -0.3 is 9.88 Å². The van der Waals surface area contributed by atoms with E-state index in [1.54, 1.807) is 0 Å². The maximum Gasteiger partial charge on any atom is 0.128 e. The number of para-hydroxylation sites is 2. The van der Waals surface area contributed by atoms with Crippen molar-refractivity contribution in [3.63, 3.8) is 0 Å². The van der Waals surface area contributed by atoms with Crippen LogP contribution in [0.25, 0.3) is 11.0 Å². The number of fused-ring (bicyclic) bond motifs is 1. The summed E-state index contributed by atoms with van der Waals surface area (Å²) in [6.45, 7) is 3.65. The van der Waals surface area contributed by atoms with E-state index in [1.807, 2.05) is 42.3 Å². The molecule has 98 valence electrons. The Morgan fingerprint density at radius 2 is 2.11 bits per heavy atom. The lowest BCUT2D eigenvalue weighted by Gasteiger charge is -2.03. The molecular weight excluding hydrogens is 238 g/mol. The van der Waals surface area contributed by atoms with Crippen LogP contribution in [-0.2, 0) is 20.1 Å². The van der Waals surface area contributed by atoms with Crippen molar-refractivity contribution in [1.29, 1.82) is 0 Å². The average Bonchev–Trinajstić information content (AvgIpc) is 3.02. The average molecular weight is 255 g/mol. The van der Waals surface area contributed by atoms with Crippen LogP contribution in [-0.4, -0.2) is 19.3 Å². The second-order valence-corrected chi connectivity index (χ2v) is 4.51. The molecule has 0 unspecified atom stereocenters. The van der Waals surface area contributed by atoms with Gasteiger partial charge in [0.2, 0.25) is 0 Å². The topological polar surface area (TPSA) is 47.7 Å². The van der Waals surface area contributed by atoms with Gasteiger partial charge in [0.15, 0.2) is 0 Å². The zero-order chi connectivity index (χ0) is 13.2. The second kappa shape index (κ2) is 4.76. The molecule has 0 aliphatic heterocycles. The van der Waals surface area contributed by atoms with Crippen molar-refractivity contribution >= 4 is 16.7 Å². The number of aromatic nitrogens is 4. The lowest BCUT2D eigenvalue weighted by atomic mass is 10.3. The fraction of sp³-hybridized carbons (Fsp3) is 0.286. The fourth-order valence-corrected chi connectivity index (χ4v) is 2.16. The van der Waals surface area contributed by atoms with Crippen molar-refractivity contribution in [3.05, 3.63) is 42.5 Å². The minimum Gasteiger partial charge on any atom is -0.375 e. The number of imidazole rings is 1. The molecule has 3 rings (SSSR count). The van der Waals surface area contributed by atoms with Gasteiger partial charge in [-0.3, -0.25) is 4.68 Å². The van der Waals surface area contributed by atoms with E-state index in [1.165, 1.54) is 0 Å². The van der Waals surface area contributed by atoms with Crippen molar-refractivity contribution in [1.82, 2.24) is 19.3 Å². The summed E-state index contributed by atoms with van der Waals surface area (Å²) in [5.41, 5.74) is 3.21. The zero-order valence-corrected chi connectivity index (χ0v) is 11.2. The normalized spacial score (nSPS) is 11.1. The van der Waals surface area contributed by atoms with Crippen LogP contribution in [0.3, 0.4) is 0 Å². The van der Waals surface area contributed by atoms with E-state index in [9.17, 15) is 0 Å². The molecule has 0 bridgehead atoms. The first kappa shape index (κ1) is 11.8. The number of benzene rings is 1. The standard InChI is InChI=1S/C14H17N5/c1-3-19-10-11(8-16-19)15-9-14-17-12-6-4-5-7-13(12)18(14)2/h4-8,10,15H,3,9H2,1-2H3. The van der Waals surface area contributed by atoms with Crippen molar-refractivity contribution < 1.29 is 0 Å². The summed E-state index contributed by atoms with van der Waals surface area (Å²) in [5, 5.41) is 7.59. The summed E-state index contributed by atoms with van der Waals surface area (Å²) < 4.78 is 4.02. The van der Waals surface area contributed by atoms with Gasteiger partial charge in [-0.25, -0.2) is 4.98 Å². The van der Waals surface area contributed by atoms with Gasteiger partial charge in [-0.1, -0.05) is 12.1 Å². The highest BCUT2D eigenvalue weighted by molar-refractivity contribution is 5.75. The van der Waals surface area contributed by atoms with Crippen LogP contribution >= 0.6 is 0 Å². The smallest absolute Gasteiger partial charge is 0.128 e. The number of nitrogens with one attached hydrogen (secondary N) is 1. The van der Waals surface area contributed by atoms with Crippen LogP contribution in [0.1, 0.15) is 12.7 Å². The Morgan fingerprint density at radius 1 is 1.26 bits per heavy atom. The molecule has 0 spiro atoms. The number of aryl methyl sites for hydroxylation is 2. The molecular formula is C14H17N5. The van der Waals surface area contributed by atoms with Gasteiger partial charge >= 0.3 is 0 Å². The molecule has 0 amide bonds. The first-order valence-electron chi connectivity index (χ1n) is 6.44. The molecule has 0 aliphatic carbocycles. The third-order valence-electron chi connectivity index (χ3n) is 3.29. The Bertz CT molecular complexity index is 695. The van der Waals surface area contributed by atoms with E-state index in [4.69, 9.17) is 0 Å². The predicted octanol–water partition coefficient (Wildman–Crippen LogP) is 2.40. The largest absolute Gasteiger partial charge is 0.375 e. The highest BCUT2D eigenvalue weighted by Crippen LogP contribution is 2.15. The lowest BCUT2D eigenvalue weighted by molar-refractivity contribution is 0.660. The lowest BCUT2D eigenvalue weighted by Crippen LogP contribution is -2.05. The Balaban J connectivity index is 1.79. The molecule has 0 saturated heterocycles. The van der Waals surface area contributed by atoms with Gasteiger partial charge in [0.25, 0.3) is 0 Å². The van der Waals surface area contributed by atoms with E-state index >= 15 is 0 Å². The SMILES string of the molecule is CCn1cc(NCc2nc3ccccc3n2C)cn1. The minimum atomic E-state index is 0.695. The van der Waals surface area contributed by atoms with Gasteiger partial charge in [-0.2, -0.15) is 5.10 Å². The summed E-state index contributed by atoms with van der Waals surface area (Å²) in [6.07, 6.45) is 3.84. The quantitative estimate of drug-likeness (QED) is 0.778. The van der Waals surface area contributed by atoms with Crippen molar-refractivity contribution in [2.24, 2.45) is 7.05 Å². The van der Waals surface area contributed by atoms with Crippen LogP contribution in [0.4, 0.5) is 5.69 Å². The third kappa shape index (κ3) is 2.19. The molecule has 0 fully saturated rings. The summed E-state index contributed by atoms with van der Waals surface area (Å²) >= 11 is 0. The Kier molecular flexibility index (Phi) is 2.95. The number of anilines is 1. The molecule has 1 N–H and O–H groups in total. The fourth-order valence-electron chi connectivity index (χ4n) is 2.16. The number of nitrogens with zero attached hydrogens (tertiary/aromatic N) is 4. The van der Waals surface area contributed by atoms with E-state index in [0.29, 0.717) is 6.54 Å². The molecule has 19 heavy (non-hydrogen) atoms. The number of hydrogen-bond donors (Lipinski definition) is 1. The second-order valence-electron chi connectivity index (χ2n) is 4.51. The highest BCUT2D eigenvalue weighted by atomic mass is 15.3. The first-order chi connectivity index (χ1) is 9.28. The van der Waals surface area contributed by atoms with Crippen LogP contribution < -0.4 is 5.32 Å². The molecule has 5 nitrogen and oxygen atoms in total. The van der Waals surface area contributed by atoms with Crippen molar-refractivity contribution in [2.75, 3.05) is 5.32 Å². The van der Waals surface area contributed by atoms with Crippen molar-refractivity contribution in [3.8, 4) is 0 Å². The Morgan fingerprint density at radius 3 is 2.84 bits per heavy atom. The van der Waals surface area contributed by atoms with E-state index in [-0.39, 0.29) is 0 Å². The molecule has 2 heterocycles. The summed E-state index contributed by atoms with van der Waals surface area (Å²) in [7, 11) is 2.04. The molecule has 0 saturated carbocycles. The third-order valence-corrected chi connectivity index (χ3v) is 3.29. The molecule has 5 heteroatoms. The Labute approximate surface area is 111 Å². The summed E-state index contributed by atoms with van der Waals surface area (Å²) in [6, 6.07) is 8.17. The number of rotatable bonds is 4. The molecule has 0 atom stereocenters. The van der Waals surface area contributed by atoms with Crippen LogP contribution in [0.15, 0.2) is 36.7 Å². The van der Waals surface area contributed by atoms with Gasteiger partial charge in [-0.15, -0.1) is 0 Å². The number of hydrogen-bond acceptors (Lipinski definition) is 3. The zero-order valence-electron chi connectivity index (χ0n) is 11.2. The molecule has 0 aliphatic rings.